The molecule has 3 nitrogen and oxygen atoms in total. The van der Waals surface area contributed by atoms with Gasteiger partial charge in [-0.1, -0.05) is 0 Å². The van der Waals surface area contributed by atoms with Gasteiger partial charge in [-0.2, -0.15) is 0 Å². The van der Waals surface area contributed by atoms with E-state index in [0.717, 1.165) is 11.2 Å². The Bertz CT molecular complexity index is 572. The monoisotopic (exact) mass is 220 g/mol. The molecule has 0 radical (unpaired) electrons. The number of benzene rings is 1. The minimum absolute atomic E-state index is 0.0591. The van der Waals surface area contributed by atoms with Crippen LogP contribution in [-0.4, -0.2) is 16.9 Å². The lowest BCUT2D eigenvalue weighted by molar-refractivity contribution is 0.100. The number of rotatable bonds is 2. The van der Waals surface area contributed by atoms with Gasteiger partial charge in [0.2, 0.25) is 0 Å². The summed E-state index contributed by atoms with van der Waals surface area (Å²) in [5.41, 5.74) is 7.55. The maximum atomic E-state index is 13.2. The number of ketones is 1. The zero-order chi connectivity index (χ0) is 11.9. The predicted octanol–water partition coefficient (Wildman–Crippen LogP) is 1.77. The highest BCUT2D eigenvalue weighted by atomic mass is 19.1. The number of carbonyl (C=O) groups is 1. The van der Waals surface area contributed by atoms with Gasteiger partial charge in [-0.3, -0.25) is 4.79 Å². The number of Topliss-reactive ketones (excluding diaryl/α,β-unsaturated/α-hetero) is 1. The molecular formula is C12H13FN2O. The number of nitrogens with two attached hydrogens (primary N) is 1. The summed E-state index contributed by atoms with van der Waals surface area (Å²) in [6.45, 7) is 1.78. The molecule has 0 unspecified atom stereocenters. The Balaban J connectivity index is 2.85. The lowest BCUT2D eigenvalue weighted by Crippen LogP contribution is -2.14. The number of nitrogens with zero attached hydrogens (tertiary/aromatic N) is 1. The minimum Gasteiger partial charge on any atom is -0.347 e. The van der Waals surface area contributed by atoms with Gasteiger partial charge in [0, 0.05) is 29.2 Å². The Kier molecular flexibility index (Phi) is 2.52. The molecule has 0 spiro atoms. The Labute approximate surface area is 92.7 Å². The Hall–Kier alpha value is -1.68. The van der Waals surface area contributed by atoms with Crippen molar-refractivity contribution in [2.45, 2.75) is 6.92 Å². The standard InChI is InChI=1S/C12H13FN2O/c1-7-12(11(16)6-14)9-5-8(13)3-4-10(9)15(7)2/h3-5H,6,14H2,1-2H3. The largest absolute Gasteiger partial charge is 0.347 e. The first-order valence-electron chi connectivity index (χ1n) is 5.04. The van der Waals surface area contributed by atoms with Crippen LogP contribution >= 0.6 is 0 Å². The van der Waals surface area contributed by atoms with Gasteiger partial charge in [-0.25, -0.2) is 4.39 Å². The zero-order valence-electron chi connectivity index (χ0n) is 9.25. The predicted molar refractivity (Wildman–Crippen MR) is 61.0 cm³/mol. The van der Waals surface area contributed by atoms with Crippen LogP contribution in [0.1, 0.15) is 16.1 Å². The SMILES string of the molecule is Cc1c(C(=O)CN)c2cc(F)ccc2n1C. The van der Waals surface area contributed by atoms with E-state index in [2.05, 4.69) is 0 Å². The first-order valence-corrected chi connectivity index (χ1v) is 5.04. The van der Waals surface area contributed by atoms with Gasteiger partial charge in [-0.15, -0.1) is 0 Å². The molecule has 2 aromatic rings. The summed E-state index contributed by atoms with van der Waals surface area (Å²) in [6, 6.07) is 4.44. The fourth-order valence-electron chi connectivity index (χ4n) is 2.00. The molecule has 0 fully saturated rings. The molecule has 16 heavy (non-hydrogen) atoms. The van der Waals surface area contributed by atoms with E-state index < -0.39 is 0 Å². The maximum Gasteiger partial charge on any atom is 0.178 e. The first kappa shape index (κ1) is 10.8. The highest BCUT2D eigenvalue weighted by Crippen LogP contribution is 2.25. The van der Waals surface area contributed by atoms with E-state index in [4.69, 9.17) is 5.73 Å². The summed E-state index contributed by atoms with van der Waals surface area (Å²) in [4.78, 5) is 11.7. The number of carbonyl (C=O) groups excluding carboxylic acids is 1. The van der Waals surface area contributed by atoms with Crippen molar-refractivity contribution < 1.29 is 9.18 Å². The molecule has 0 aliphatic carbocycles. The fourth-order valence-corrected chi connectivity index (χ4v) is 2.00. The Morgan fingerprint density at radius 2 is 2.19 bits per heavy atom. The third-order valence-electron chi connectivity index (χ3n) is 2.92. The number of hydrogen-bond donors (Lipinski definition) is 1. The van der Waals surface area contributed by atoms with Crippen molar-refractivity contribution in [1.82, 2.24) is 4.57 Å². The maximum absolute atomic E-state index is 13.2. The lowest BCUT2D eigenvalue weighted by atomic mass is 10.1. The van der Waals surface area contributed by atoms with Crippen molar-refractivity contribution in [3.8, 4) is 0 Å². The molecule has 0 aliphatic rings. The van der Waals surface area contributed by atoms with E-state index in [-0.39, 0.29) is 18.1 Å². The second-order valence-electron chi connectivity index (χ2n) is 3.81. The smallest absolute Gasteiger partial charge is 0.178 e. The van der Waals surface area contributed by atoms with Crippen molar-refractivity contribution in [3.05, 3.63) is 35.3 Å². The van der Waals surface area contributed by atoms with Gasteiger partial charge in [-0.05, 0) is 25.1 Å². The molecule has 4 heteroatoms. The van der Waals surface area contributed by atoms with E-state index in [1.54, 1.807) is 6.07 Å². The van der Waals surface area contributed by atoms with Crippen LogP contribution in [0.2, 0.25) is 0 Å². The van der Waals surface area contributed by atoms with Gasteiger partial charge in [0.15, 0.2) is 5.78 Å². The Morgan fingerprint density at radius 1 is 1.50 bits per heavy atom. The van der Waals surface area contributed by atoms with Crippen LogP contribution < -0.4 is 5.73 Å². The van der Waals surface area contributed by atoms with Crippen molar-refractivity contribution in [3.63, 3.8) is 0 Å². The molecule has 0 bridgehead atoms. The molecule has 1 aromatic heterocycles. The molecule has 0 saturated carbocycles. The normalized spacial score (nSPS) is 11.0. The van der Waals surface area contributed by atoms with Gasteiger partial charge < -0.3 is 10.3 Å². The van der Waals surface area contributed by atoms with E-state index in [1.807, 2.05) is 18.5 Å². The van der Waals surface area contributed by atoms with E-state index in [1.165, 1.54) is 12.1 Å². The highest BCUT2D eigenvalue weighted by molar-refractivity contribution is 6.10. The van der Waals surface area contributed by atoms with Crippen LogP contribution in [0.4, 0.5) is 4.39 Å². The summed E-state index contributed by atoms with van der Waals surface area (Å²) in [5, 5.41) is 0.635. The molecule has 0 saturated heterocycles. The zero-order valence-corrected chi connectivity index (χ0v) is 9.25. The van der Waals surface area contributed by atoms with Crippen molar-refractivity contribution >= 4 is 16.7 Å². The summed E-state index contributed by atoms with van der Waals surface area (Å²) < 4.78 is 15.0. The molecule has 2 N–H and O–H groups in total. The molecule has 1 heterocycles. The second kappa shape index (κ2) is 3.72. The third-order valence-corrected chi connectivity index (χ3v) is 2.92. The summed E-state index contributed by atoms with van der Waals surface area (Å²) in [6.07, 6.45) is 0. The average Bonchev–Trinajstić information content (AvgIpc) is 2.51. The molecule has 0 atom stereocenters. The summed E-state index contributed by atoms with van der Waals surface area (Å²) in [5.74, 6) is -0.502. The third kappa shape index (κ3) is 1.42. The second-order valence-corrected chi connectivity index (χ2v) is 3.81. The van der Waals surface area contributed by atoms with E-state index in [9.17, 15) is 9.18 Å². The average molecular weight is 220 g/mol. The van der Waals surface area contributed by atoms with Crippen molar-refractivity contribution in [2.24, 2.45) is 12.8 Å². The van der Waals surface area contributed by atoms with Crippen LogP contribution in [0.25, 0.3) is 10.9 Å². The van der Waals surface area contributed by atoms with Gasteiger partial charge >= 0.3 is 0 Å². The molecular weight excluding hydrogens is 207 g/mol. The van der Waals surface area contributed by atoms with E-state index >= 15 is 0 Å². The molecule has 1 aromatic carbocycles. The van der Waals surface area contributed by atoms with Crippen LogP contribution in [0.15, 0.2) is 18.2 Å². The number of fused-ring (bicyclic) bond motifs is 1. The molecule has 0 aliphatic heterocycles. The molecule has 2 rings (SSSR count). The van der Waals surface area contributed by atoms with E-state index in [0.29, 0.717) is 10.9 Å². The van der Waals surface area contributed by atoms with Crippen LogP contribution in [0.5, 0.6) is 0 Å². The lowest BCUT2D eigenvalue weighted by Gasteiger charge is -1.99. The topological polar surface area (TPSA) is 48.0 Å². The van der Waals surface area contributed by atoms with Gasteiger partial charge in [0.05, 0.1) is 6.54 Å². The fraction of sp³-hybridized carbons (Fsp3) is 0.250. The minimum atomic E-state index is -0.343. The Morgan fingerprint density at radius 3 is 2.81 bits per heavy atom. The quantitative estimate of drug-likeness (QED) is 0.784. The van der Waals surface area contributed by atoms with Gasteiger partial charge in [0.25, 0.3) is 0 Å². The van der Waals surface area contributed by atoms with Crippen LogP contribution in [-0.2, 0) is 7.05 Å². The van der Waals surface area contributed by atoms with Crippen molar-refractivity contribution in [1.29, 1.82) is 0 Å². The number of halogens is 1. The molecule has 0 amide bonds. The van der Waals surface area contributed by atoms with Crippen molar-refractivity contribution in [2.75, 3.05) is 6.54 Å². The molecule has 84 valence electrons. The number of aryl methyl sites for hydroxylation is 1. The summed E-state index contributed by atoms with van der Waals surface area (Å²) >= 11 is 0. The highest BCUT2D eigenvalue weighted by Gasteiger charge is 2.17. The van der Waals surface area contributed by atoms with Crippen LogP contribution in [0, 0.1) is 12.7 Å². The number of aromatic nitrogens is 1. The first-order chi connectivity index (χ1) is 7.56. The van der Waals surface area contributed by atoms with Gasteiger partial charge in [0.1, 0.15) is 5.82 Å². The number of hydrogen-bond acceptors (Lipinski definition) is 2. The van der Waals surface area contributed by atoms with Crippen LogP contribution in [0.3, 0.4) is 0 Å². The summed E-state index contributed by atoms with van der Waals surface area (Å²) in [7, 11) is 1.85.